The molecule has 0 atom stereocenters. The molecule has 0 aromatic heterocycles. The molecule has 0 aromatic carbocycles. The lowest BCUT2D eigenvalue weighted by Crippen LogP contribution is -2.44. The van der Waals surface area contributed by atoms with Crippen LogP contribution in [0, 0.1) is 5.92 Å². The van der Waals surface area contributed by atoms with E-state index in [9.17, 15) is 0 Å². The van der Waals surface area contributed by atoms with E-state index >= 15 is 0 Å². The van der Waals surface area contributed by atoms with Crippen molar-refractivity contribution < 1.29 is 8.85 Å². The molecule has 1 aliphatic heterocycles. The van der Waals surface area contributed by atoms with Crippen molar-refractivity contribution in [2.24, 2.45) is 5.92 Å². The van der Waals surface area contributed by atoms with Gasteiger partial charge in [-0.25, -0.2) is 0 Å². The van der Waals surface area contributed by atoms with Crippen LogP contribution in [0.4, 0.5) is 0 Å². The van der Waals surface area contributed by atoms with Crippen LogP contribution < -0.4 is 0 Å². The molecule has 1 saturated heterocycles. The maximum atomic E-state index is 5.62. The van der Waals surface area contributed by atoms with Gasteiger partial charge in [-0.05, 0) is 18.7 Å². The summed E-state index contributed by atoms with van der Waals surface area (Å²) in [6, 6.07) is 0. The number of rotatable bonds is 2. The first kappa shape index (κ1) is 8.97. The van der Waals surface area contributed by atoms with Crippen LogP contribution in [0.15, 0.2) is 12.3 Å². The van der Waals surface area contributed by atoms with Crippen molar-refractivity contribution in [2.75, 3.05) is 13.2 Å². The van der Waals surface area contributed by atoms with E-state index in [1.807, 2.05) is 12.2 Å². The van der Waals surface area contributed by atoms with Gasteiger partial charge in [0.1, 0.15) is 0 Å². The molecule has 11 heavy (non-hydrogen) atoms. The molecule has 1 aliphatic rings. The predicted molar refractivity (Wildman–Crippen MR) is 47.5 cm³/mol. The Labute approximate surface area is 69.5 Å². The second-order valence-electron chi connectivity index (χ2n) is 3.12. The predicted octanol–water partition coefficient (Wildman–Crippen LogP) is 1.86. The largest absolute Gasteiger partial charge is 0.391 e. The molecule has 1 heterocycles. The zero-order valence-electron chi connectivity index (χ0n) is 7.30. The highest BCUT2D eigenvalue weighted by Crippen LogP contribution is 2.19. The first-order chi connectivity index (χ1) is 5.20. The van der Waals surface area contributed by atoms with E-state index in [4.69, 9.17) is 8.85 Å². The molecule has 64 valence electrons. The van der Waals surface area contributed by atoms with Gasteiger partial charge in [0.15, 0.2) is 0 Å². The average molecular weight is 172 g/mol. The summed E-state index contributed by atoms with van der Waals surface area (Å²) in [5.41, 5.74) is 1.85. The quantitative estimate of drug-likeness (QED) is 0.592. The van der Waals surface area contributed by atoms with E-state index in [1.165, 1.54) is 0 Å². The van der Waals surface area contributed by atoms with Crippen molar-refractivity contribution in [1.82, 2.24) is 0 Å². The molecule has 0 aromatic rings. The standard InChI is InChI=1S/C8H16O2Si/c1-4-8-6-9-11(3,5-2)10-7-8/h5,8H,2,4,6-7H2,1,3H3. The molecule has 3 heteroatoms. The summed E-state index contributed by atoms with van der Waals surface area (Å²) in [5.74, 6) is 0.593. The second kappa shape index (κ2) is 3.52. The topological polar surface area (TPSA) is 18.5 Å². The fourth-order valence-electron chi connectivity index (χ4n) is 1.01. The highest BCUT2D eigenvalue weighted by molar-refractivity contribution is 6.71. The first-order valence-corrected chi connectivity index (χ1v) is 6.51. The molecule has 0 saturated carbocycles. The van der Waals surface area contributed by atoms with Gasteiger partial charge in [0.25, 0.3) is 0 Å². The van der Waals surface area contributed by atoms with Crippen LogP contribution in [0.3, 0.4) is 0 Å². The summed E-state index contributed by atoms with van der Waals surface area (Å²) >= 11 is 0. The molecule has 0 radical (unpaired) electrons. The zero-order valence-corrected chi connectivity index (χ0v) is 8.30. The SMILES string of the molecule is C=C[Si]1(C)OCC(CC)CO1. The Hall–Kier alpha value is -0.123. The molecular formula is C8H16O2Si. The van der Waals surface area contributed by atoms with E-state index in [-0.39, 0.29) is 0 Å². The van der Waals surface area contributed by atoms with Crippen molar-refractivity contribution in [3.8, 4) is 0 Å². The van der Waals surface area contributed by atoms with Gasteiger partial charge in [-0.1, -0.05) is 6.92 Å². The molecule has 2 nitrogen and oxygen atoms in total. The van der Waals surface area contributed by atoms with Crippen molar-refractivity contribution in [3.63, 3.8) is 0 Å². The van der Waals surface area contributed by atoms with Gasteiger partial charge in [0.2, 0.25) is 0 Å². The molecule has 0 spiro atoms. The minimum atomic E-state index is -1.90. The molecular weight excluding hydrogens is 156 g/mol. The molecule has 0 N–H and O–H groups in total. The van der Waals surface area contributed by atoms with Gasteiger partial charge < -0.3 is 8.85 Å². The maximum absolute atomic E-state index is 5.62. The lowest BCUT2D eigenvalue weighted by molar-refractivity contribution is 0.0682. The fraction of sp³-hybridized carbons (Fsp3) is 0.750. The van der Waals surface area contributed by atoms with Crippen molar-refractivity contribution >= 4 is 8.56 Å². The van der Waals surface area contributed by atoms with E-state index in [1.54, 1.807) is 0 Å². The Morgan fingerprint density at radius 3 is 2.45 bits per heavy atom. The van der Waals surface area contributed by atoms with Gasteiger partial charge >= 0.3 is 8.56 Å². The lowest BCUT2D eigenvalue weighted by Gasteiger charge is -2.32. The Morgan fingerprint density at radius 2 is 2.09 bits per heavy atom. The third-order valence-electron chi connectivity index (χ3n) is 2.16. The summed E-state index contributed by atoms with van der Waals surface area (Å²) in [4.78, 5) is 0. The Balaban J connectivity index is 2.41. The maximum Gasteiger partial charge on any atom is 0.361 e. The van der Waals surface area contributed by atoms with Gasteiger partial charge in [-0.2, -0.15) is 0 Å². The monoisotopic (exact) mass is 172 g/mol. The minimum Gasteiger partial charge on any atom is -0.391 e. The molecule has 0 aliphatic carbocycles. The van der Waals surface area contributed by atoms with Crippen LogP contribution in [0.2, 0.25) is 6.55 Å². The van der Waals surface area contributed by atoms with Crippen LogP contribution in [-0.4, -0.2) is 21.8 Å². The van der Waals surface area contributed by atoms with Crippen molar-refractivity contribution in [1.29, 1.82) is 0 Å². The molecule has 0 amide bonds. The highest BCUT2D eigenvalue weighted by Gasteiger charge is 2.33. The normalized spacial score (nSPS) is 38.5. The van der Waals surface area contributed by atoms with Gasteiger partial charge in [0.05, 0.1) is 0 Å². The smallest absolute Gasteiger partial charge is 0.361 e. The first-order valence-electron chi connectivity index (χ1n) is 4.11. The molecule has 0 unspecified atom stereocenters. The summed E-state index contributed by atoms with van der Waals surface area (Å²) in [6.07, 6.45) is 1.14. The van der Waals surface area contributed by atoms with Crippen LogP contribution in [0.1, 0.15) is 13.3 Å². The summed E-state index contributed by atoms with van der Waals surface area (Å²) in [5, 5.41) is 0. The molecule has 1 rings (SSSR count). The van der Waals surface area contributed by atoms with Crippen molar-refractivity contribution in [3.05, 3.63) is 12.3 Å². The highest BCUT2D eigenvalue weighted by atomic mass is 28.4. The van der Waals surface area contributed by atoms with Crippen LogP contribution in [0.5, 0.6) is 0 Å². The van der Waals surface area contributed by atoms with Crippen LogP contribution in [-0.2, 0) is 8.85 Å². The average Bonchev–Trinajstić information content (AvgIpc) is 2.06. The van der Waals surface area contributed by atoms with Crippen LogP contribution >= 0.6 is 0 Å². The number of hydrogen-bond acceptors (Lipinski definition) is 2. The van der Waals surface area contributed by atoms with Gasteiger partial charge in [0, 0.05) is 19.1 Å². The zero-order chi connectivity index (χ0) is 8.32. The Kier molecular flexibility index (Phi) is 2.87. The van der Waals surface area contributed by atoms with E-state index in [2.05, 4.69) is 13.5 Å². The lowest BCUT2D eigenvalue weighted by atomic mass is 10.1. The van der Waals surface area contributed by atoms with Crippen LogP contribution in [0.25, 0.3) is 0 Å². The van der Waals surface area contributed by atoms with Crippen molar-refractivity contribution in [2.45, 2.75) is 19.9 Å². The summed E-state index contributed by atoms with van der Waals surface area (Å²) in [7, 11) is -1.90. The van der Waals surface area contributed by atoms with Gasteiger partial charge in [-0.15, -0.1) is 6.58 Å². The third kappa shape index (κ3) is 2.15. The second-order valence-corrected chi connectivity index (χ2v) is 6.13. The summed E-state index contributed by atoms with van der Waals surface area (Å²) in [6.45, 7) is 9.62. The third-order valence-corrected chi connectivity index (χ3v) is 4.38. The summed E-state index contributed by atoms with van der Waals surface area (Å²) < 4.78 is 11.2. The van der Waals surface area contributed by atoms with E-state index in [0.29, 0.717) is 5.92 Å². The number of hydrogen-bond donors (Lipinski definition) is 0. The molecule has 1 fully saturated rings. The van der Waals surface area contributed by atoms with E-state index in [0.717, 1.165) is 19.6 Å². The van der Waals surface area contributed by atoms with Gasteiger partial charge in [-0.3, -0.25) is 0 Å². The fourth-order valence-corrected chi connectivity index (χ4v) is 2.46. The van der Waals surface area contributed by atoms with E-state index < -0.39 is 8.56 Å². The minimum absolute atomic E-state index is 0.593. The Bertz CT molecular complexity index is 139. The Morgan fingerprint density at radius 1 is 1.55 bits per heavy atom. The molecule has 0 bridgehead atoms.